The number of hydrogen-bond acceptors (Lipinski definition) is 4. The highest BCUT2D eigenvalue weighted by Crippen LogP contribution is 2.33. The first kappa shape index (κ1) is 17.7. The monoisotopic (exact) mass is 373 g/mol. The first-order valence-corrected chi connectivity index (χ1v) is 8.81. The number of aromatic nitrogens is 1. The Balaban J connectivity index is 1.76. The summed E-state index contributed by atoms with van der Waals surface area (Å²) in [6, 6.07) is 13.5. The van der Waals surface area contributed by atoms with Crippen molar-refractivity contribution < 1.29 is 14.3 Å². The van der Waals surface area contributed by atoms with E-state index >= 15 is 0 Å². The van der Waals surface area contributed by atoms with Crippen molar-refractivity contribution in [1.29, 1.82) is 0 Å². The van der Waals surface area contributed by atoms with Crippen LogP contribution in [0.1, 0.15) is 15.9 Å². The summed E-state index contributed by atoms with van der Waals surface area (Å²) in [7, 11) is 1.62. The first-order chi connectivity index (χ1) is 13.5. The molecule has 6 heteroatoms. The number of pyridine rings is 1. The predicted octanol–water partition coefficient (Wildman–Crippen LogP) is 2.91. The summed E-state index contributed by atoms with van der Waals surface area (Å²) in [5, 5.41) is 2.02. The Bertz CT molecular complexity index is 1140. The number of nitrogens with two attached hydrogens (primary N) is 1. The normalized spacial score (nSPS) is 12.9. The molecule has 0 aliphatic carbocycles. The van der Waals surface area contributed by atoms with Gasteiger partial charge in [0, 0.05) is 35.5 Å². The molecule has 28 heavy (non-hydrogen) atoms. The van der Waals surface area contributed by atoms with E-state index in [2.05, 4.69) is 11.6 Å². The van der Waals surface area contributed by atoms with Crippen LogP contribution in [-0.2, 0) is 11.3 Å². The third kappa shape index (κ3) is 2.99. The maximum Gasteiger partial charge on any atom is 0.254 e. The summed E-state index contributed by atoms with van der Waals surface area (Å²) < 4.78 is 5.28. The minimum absolute atomic E-state index is 0.121. The number of benzene rings is 2. The zero-order chi connectivity index (χ0) is 19.8. The van der Waals surface area contributed by atoms with Gasteiger partial charge < -0.3 is 15.4 Å². The molecule has 6 nitrogen and oxygen atoms in total. The van der Waals surface area contributed by atoms with Gasteiger partial charge in [0.25, 0.3) is 5.91 Å². The molecule has 0 unspecified atom stereocenters. The highest BCUT2D eigenvalue weighted by Gasteiger charge is 2.29. The summed E-state index contributed by atoms with van der Waals surface area (Å²) in [5.74, 6) is 0.0129. The molecule has 1 aliphatic rings. The SMILES string of the molecule is C=C(CN1Cc2c(ccc3ccc(-c4cc(OC)ccn4)cc23)C1=O)C(N)=O. The van der Waals surface area contributed by atoms with Gasteiger partial charge in [-0.05, 0) is 34.5 Å². The minimum atomic E-state index is -0.597. The zero-order valence-corrected chi connectivity index (χ0v) is 15.4. The number of fused-ring (bicyclic) bond motifs is 3. The smallest absolute Gasteiger partial charge is 0.254 e. The van der Waals surface area contributed by atoms with Crippen LogP contribution in [0.25, 0.3) is 22.0 Å². The van der Waals surface area contributed by atoms with E-state index in [0.717, 1.165) is 33.3 Å². The van der Waals surface area contributed by atoms with E-state index in [9.17, 15) is 9.59 Å². The number of nitrogens with zero attached hydrogens (tertiary/aromatic N) is 2. The van der Waals surface area contributed by atoms with Crippen molar-refractivity contribution in [3.8, 4) is 17.0 Å². The highest BCUT2D eigenvalue weighted by atomic mass is 16.5. The van der Waals surface area contributed by atoms with E-state index in [4.69, 9.17) is 10.5 Å². The molecule has 2 amide bonds. The lowest BCUT2D eigenvalue weighted by Gasteiger charge is -2.15. The van der Waals surface area contributed by atoms with E-state index in [-0.39, 0.29) is 18.0 Å². The molecule has 0 atom stereocenters. The summed E-state index contributed by atoms with van der Waals surface area (Å²) in [5.41, 5.74) is 8.79. The van der Waals surface area contributed by atoms with Crippen molar-refractivity contribution >= 4 is 22.6 Å². The van der Waals surface area contributed by atoms with Crippen molar-refractivity contribution in [2.45, 2.75) is 6.54 Å². The van der Waals surface area contributed by atoms with Gasteiger partial charge in [-0.2, -0.15) is 0 Å². The molecular weight excluding hydrogens is 354 g/mol. The number of carbonyl (C=O) groups excluding carboxylic acids is 2. The molecule has 0 fully saturated rings. The Morgan fingerprint density at radius 1 is 1.25 bits per heavy atom. The van der Waals surface area contributed by atoms with Gasteiger partial charge in [-0.25, -0.2) is 0 Å². The van der Waals surface area contributed by atoms with Gasteiger partial charge in [-0.1, -0.05) is 24.8 Å². The van der Waals surface area contributed by atoms with Gasteiger partial charge >= 0.3 is 0 Å². The average Bonchev–Trinajstić information content (AvgIpc) is 3.03. The van der Waals surface area contributed by atoms with Gasteiger partial charge in [0.05, 0.1) is 19.3 Å². The molecule has 1 aromatic heterocycles. The fourth-order valence-corrected chi connectivity index (χ4v) is 3.48. The van der Waals surface area contributed by atoms with Gasteiger partial charge in [0.15, 0.2) is 0 Å². The molecule has 3 aromatic rings. The molecular formula is C22H19N3O3. The van der Waals surface area contributed by atoms with Crippen molar-refractivity contribution in [3.63, 3.8) is 0 Å². The summed E-state index contributed by atoms with van der Waals surface area (Å²) in [6.45, 7) is 4.19. The van der Waals surface area contributed by atoms with Gasteiger partial charge in [0.1, 0.15) is 5.75 Å². The second-order valence-electron chi connectivity index (χ2n) is 6.74. The molecule has 0 saturated heterocycles. The molecule has 140 valence electrons. The van der Waals surface area contributed by atoms with E-state index < -0.39 is 5.91 Å². The first-order valence-electron chi connectivity index (χ1n) is 8.81. The molecule has 0 spiro atoms. The van der Waals surface area contributed by atoms with E-state index in [1.165, 1.54) is 0 Å². The van der Waals surface area contributed by atoms with Gasteiger partial charge in [-0.15, -0.1) is 0 Å². The van der Waals surface area contributed by atoms with Gasteiger partial charge in [0.2, 0.25) is 5.91 Å². The number of amides is 2. The number of ether oxygens (including phenoxy) is 1. The molecule has 0 bridgehead atoms. The number of carbonyl (C=O) groups is 2. The third-order valence-corrected chi connectivity index (χ3v) is 4.99. The zero-order valence-electron chi connectivity index (χ0n) is 15.4. The van der Waals surface area contributed by atoms with E-state index in [1.807, 2.05) is 36.4 Å². The molecule has 0 saturated carbocycles. The van der Waals surface area contributed by atoms with Crippen LogP contribution >= 0.6 is 0 Å². The van der Waals surface area contributed by atoms with Crippen molar-refractivity contribution in [1.82, 2.24) is 9.88 Å². The van der Waals surface area contributed by atoms with E-state index in [0.29, 0.717) is 12.1 Å². The Kier molecular flexibility index (Phi) is 4.31. The molecule has 2 N–H and O–H groups in total. The topological polar surface area (TPSA) is 85.5 Å². The van der Waals surface area contributed by atoms with Crippen LogP contribution in [0.15, 0.2) is 60.8 Å². The van der Waals surface area contributed by atoms with Gasteiger partial charge in [-0.3, -0.25) is 14.6 Å². The minimum Gasteiger partial charge on any atom is -0.497 e. The van der Waals surface area contributed by atoms with Crippen LogP contribution in [0.3, 0.4) is 0 Å². The Morgan fingerprint density at radius 2 is 2.04 bits per heavy atom. The van der Waals surface area contributed by atoms with Crippen molar-refractivity contribution in [2.24, 2.45) is 5.73 Å². The third-order valence-electron chi connectivity index (χ3n) is 4.99. The van der Waals surface area contributed by atoms with Crippen LogP contribution in [0, 0.1) is 0 Å². The van der Waals surface area contributed by atoms with Crippen molar-refractivity contribution in [3.05, 3.63) is 71.9 Å². The molecule has 2 aromatic carbocycles. The fraction of sp³-hybridized carbons (Fsp3) is 0.136. The Morgan fingerprint density at radius 3 is 2.79 bits per heavy atom. The Hall–Kier alpha value is -3.67. The molecule has 2 heterocycles. The number of hydrogen-bond donors (Lipinski definition) is 1. The van der Waals surface area contributed by atoms with Crippen LogP contribution < -0.4 is 10.5 Å². The summed E-state index contributed by atoms with van der Waals surface area (Å²) in [4.78, 5) is 30.1. The lowest BCUT2D eigenvalue weighted by atomic mass is 9.98. The Labute approximate surface area is 162 Å². The largest absolute Gasteiger partial charge is 0.497 e. The standard InChI is InChI=1S/C22H19N3O3/c1-13(21(23)26)11-25-12-19-17(22(25)27)6-5-14-3-4-15(9-18(14)19)20-10-16(28-2)7-8-24-20/h3-10H,1,11-12H2,2H3,(H2,23,26). The summed E-state index contributed by atoms with van der Waals surface area (Å²) >= 11 is 0. The number of primary amides is 1. The van der Waals surface area contributed by atoms with Crippen LogP contribution in [0.2, 0.25) is 0 Å². The average molecular weight is 373 g/mol. The van der Waals surface area contributed by atoms with Crippen LogP contribution in [0.4, 0.5) is 0 Å². The quantitative estimate of drug-likeness (QED) is 0.697. The number of rotatable bonds is 5. The maximum atomic E-state index is 12.7. The molecule has 4 rings (SSSR count). The molecule has 0 radical (unpaired) electrons. The second-order valence-corrected chi connectivity index (χ2v) is 6.74. The lowest BCUT2D eigenvalue weighted by molar-refractivity contribution is -0.114. The lowest BCUT2D eigenvalue weighted by Crippen LogP contribution is -2.30. The predicted molar refractivity (Wildman–Crippen MR) is 107 cm³/mol. The van der Waals surface area contributed by atoms with Crippen molar-refractivity contribution in [2.75, 3.05) is 13.7 Å². The van der Waals surface area contributed by atoms with Crippen LogP contribution in [0.5, 0.6) is 5.75 Å². The fourth-order valence-electron chi connectivity index (χ4n) is 3.48. The highest BCUT2D eigenvalue weighted by molar-refractivity contribution is 6.05. The summed E-state index contributed by atoms with van der Waals surface area (Å²) in [6.07, 6.45) is 1.70. The number of methoxy groups -OCH3 is 1. The second kappa shape index (κ2) is 6.81. The van der Waals surface area contributed by atoms with E-state index in [1.54, 1.807) is 24.3 Å². The molecule has 1 aliphatic heterocycles. The maximum absolute atomic E-state index is 12.7. The van der Waals surface area contributed by atoms with Crippen LogP contribution in [-0.4, -0.2) is 35.4 Å².